The van der Waals surface area contributed by atoms with Crippen LogP contribution in [0.25, 0.3) is 0 Å². The molecule has 0 radical (unpaired) electrons. The first-order chi connectivity index (χ1) is 9.13. The summed E-state index contributed by atoms with van der Waals surface area (Å²) in [5, 5.41) is 5.09. The lowest BCUT2D eigenvalue weighted by molar-refractivity contribution is 0.686. The van der Waals surface area contributed by atoms with E-state index in [9.17, 15) is 0 Å². The minimum Gasteiger partial charge on any atom is -0.398 e. The van der Waals surface area contributed by atoms with Crippen LogP contribution in [0, 0.1) is 0 Å². The van der Waals surface area contributed by atoms with Gasteiger partial charge in [-0.2, -0.15) is 5.10 Å². The van der Waals surface area contributed by atoms with Crippen LogP contribution in [0.4, 0.5) is 5.69 Å². The van der Waals surface area contributed by atoms with Crippen LogP contribution >= 0.6 is 11.6 Å². The Morgan fingerprint density at radius 3 is 2.84 bits per heavy atom. The van der Waals surface area contributed by atoms with Crippen molar-refractivity contribution in [1.29, 1.82) is 0 Å². The fourth-order valence-electron chi connectivity index (χ4n) is 2.18. The summed E-state index contributed by atoms with van der Waals surface area (Å²) >= 11 is 5.92. The van der Waals surface area contributed by atoms with Crippen LogP contribution in [0.15, 0.2) is 18.2 Å². The van der Waals surface area contributed by atoms with Crippen LogP contribution in [-0.2, 0) is 19.9 Å². The van der Waals surface area contributed by atoms with Crippen molar-refractivity contribution in [3.63, 3.8) is 0 Å². The molecule has 1 heterocycles. The maximum absolute atomic E-state index is 5.92. The Morgan fingerprint density at radius 1 is 1.37 bits per heavy atom. The van der Waals surface area contributed by atoms with E-state index in [1.807, 2.05) is 29.9 Å². The smallest absolute Gasteiger partial charge is 0.154 e. The van der Waals surface area contributed by atoms with E-state index in [1.54, 1.807) is 0 Å². The maximum atomic E-state index is 5.92. The molecule has 4 nitrogen and oxygen atoms in total. The molecule has 3 rings (SSSR count). The van der Waals surface area contributed by atoms with Crippen molar-refractivity contribution < 1.29 is 0 Å². The first-order valence-corrected chi connectivity index (χ1v) is 6.95. The number of benzene rings is 1. The lowest BCUT2D eigenvalue weighted by Crippen LogP contribution is -2.02. The normalized spacial score (nSPS) is 14.8. The van der Waals surface area contributed by atoms with Gasteiger partial charge in [0, 0.05) is 19.4 Å². The van der Waals surface area contributed by atoms with Gasteiger partial charge in [0.2, 0.25) is 0 Å². The molecule has 0 unspecified atom stereocenters. The third-order valence-corrected chi connectivity index (χ3v) is 3.85. The molecule has 1 aromatic carbocycles. The Kier molecular flexibility index (Phi) is 3.19. The van der Waals surface area contributed by atoms with Gasteiger partial charge in [-0.05, 0) is 37.0 Å². The summed E-state index contributed by atoms with van der Waals surface area (Å²) < 4.78 is 1.90. The van der Waals surface area contributed by atoms with E-state index in [2.05, 4.69) is 10.1 Å². The summed E-state index contributed by atoms with van der Waals surface area (Å²) in [6.07, 6.45) is 4.24. The van der Waals surface area contributed by atoms with Crippen LogP contribution in [0.2, 0.25) is 5.02 Å². The number of aryl methyl sites for hydroxylation is 3. The highest BCUT2D eigenvalue weighted by atomic mass is 35.5. The molecule has 1 aliphatic carbocycles. The zero-order valence-electron chi connectivity index (χ0n) is 10.9. The summed E-state index contributed by atoms with van der Waals surface area (Å²) in [7, 11) is 1.96. The van der Waals surface area contributed by atoms with Gasteiger partial charge in [0.25, 0.3) is 0 Å². The van der Waals surface area contributed by atoms with Crippen molar-refractivity contribution in [2.75, 3.05) is 5.73 Å². The van der Waals surface area contributed by atoms with E-state index in [1.165, 1.54) is 18.4 Å². The third-order valence-electron chi connectivity index (χ3n) is 3.51. The molecule has 0 bridgehead atoms. The predicted molar refractivity (Wildman–Crippen MR) is 76.3 cm³/mol. The molecule has 0 saturated heterocycles. The lowest BCUT2D eigenvalue weighted by atomic mass is 10.1. The van der Waals surface area contributed by atoms with Gasteiger partial charge in [-0.3, -0.25) is 4.68 Å². The van der Waals surface area contributed by atoms with Crippen molar-refractivity contribution in [3.05, 3.63) is 40.4 Å². The fourth-order valence-corrected chi connectivity index (χ4v) is 2.29. The van der Waals surface area contributed by atoms with E-state index < -0.39 is 0 Å². The van der Waals surface area contributed by atoms with Crippen LogP contribution in [0.1, 0.15) is 36.0 Å². The van der Waals surface area contributed by atoms with Crippen molar-refractivity contribution in [3.8, 4) is 0 Å². The second-order valence-corrected chi connectivity index (χ2v) is 5.55. The molecule has 0 spiro atoms. The number of rotatable bonds is 4. The molecule has 1 saturated carbocycles. The molecule has 0 amide bonds. The molecule has 1 fully saturated rings. The number of hydrogen-bond donors (Lipinski definition) is 1. The van der Waals surface area contributed by atoms with Gasteiger partial charge < -0.3 is 5.73 Å². The van der Waals surface area contributed by atoms with E-state index in [-0.39, 0.29) is 0 Å². The zero-order valence-corrected chi connectivity index (χ0v) is 11.7. The maximum Gasteiger partial charge on any atom is 0.154 e. The average molecular weight is 277 g/mol. The highest BCUT2D eigenvalue weighted by Gasteiger charge is 2.28. The van der Waals surface area contributed by atoms with E-state index in [0.717, 1.165) is 24.5 Å². The van der Waals surface area contributed by atoms with Gasteiger partial charge in [0.05, 0.1) is 10.7 Å². The van der Waals surface area contributed by atoms with Gasteiger partial charge in [-0.25, -0.2) is 4.98 Å². The van der Waals surface area contributed by atoms with Gasteiger partial charge >= 0.3 is 0 Å². The minimum absolute atomic E-state index is 0.603. The Bertz CT molecular complexity index is 601. The molecular weight excluding hydrogens is 260 g/mol. The van der Waals surface area contributed by atoms with E-state index in [4.69, 9.17) is 17.3 Å². The Balaban J connectivity index is 1.69. The van der Waals surface area contributed by atoms with Crippen molar-refractivity contribution >= 4 is 17.3 Å². The number of anilines is 1. The Labute approximate surface area is 117 Å². The number of halogens is 1. The SMILES string of the molecule is Cn1nc(C2CC2)nc1CCc1ccc(Cl)c(N)c1. The molecule has 5 heteroatoms. The second kappa shape index (κ2) is 4.85. The molecule has 100 valence electrons. The van der Waals surface area contributed by atoms with Crippen LogP contribution in [0.5, 0.6) is 0 Å². The Hall–Kier alpha value is -1.55. The first kappa shape index (κ1) is 12.5. The molecule has 0 atom stereocenters. The lowest BCUT2D eigenvalue weighted by Gasteiger charge is -2.04. The first-order valence-electron chi connectivity index (χ1n) is 6.57. The van der Waals surface area contributed by atoms with Gasteiger partial charge in [0.15, 0.2) is 5.82 Å². The molecular formula is C14H17ClN4. The number of hydrogen-bond acceptors (Lipinski definition) is 3. The highest BCUT2D eigenvalue weighted by molar-refractivity contribution is 6.33. The molecule has 2 aromatic rings. The molecule has 0 aliphatic heterocycles. The third kappa shape index (κ3) is 2.73. The van der Waals surface area contributed by atoms with Crippen molar-refractivity contribution in [2.24, 2.45) is 7.05 Å². The minimum atomic E-state index is 0.603. The molecule has 1 aliphatic rings. The number of aromatic nitrogens is 3. The van der Waals surface area contributed by atoms with Gasteiger partial charge in [-0.1, -0.05) is 17.7 Å². The highest BCUT2D eigenvalue weighted by Crippen LogP contribution is 2.38. The molecule has 2 N–H and O–H groups in total. The average Bonchev–Trinajstić information content (AvgIpc) is 3.16. The number of nitrogens with zero attached hydrogens (tertiary/aromatic N) is 3. The largest absolute Gasteiger partial charge is 0.398 e. The summed E-state index contributed by atoms with van der Waals surface area (Å²) in [4.78, 5) is 4.62. The van der Waals surface area contributed by atoms with Crippen LogP contribution in [-0.4, -0.2) is 14.8 Å². The monoisotopic (exact) mass is 276 g/mol. The number of nitrogens with two attached hydrogens (primary N) is 1. The van der Waals surface area contributed by atoms with Crippen LogP contribution < -0.4 is 5.73 Å². The Morgan fingerprint density at radius 2 is 2.16 bits per heavy atom. The standard InChI is InChI=1S/C14H17ClN4/c1-19-13(17-14(18-19)10-4-5-10)7-3-9-2-6-11(15)12(16)8-9/h2,6,8,10H,3-5,7,16H2,1H3. The summed E-state index contributed by atoms with van der Waals surface area (Å²) in [6, 6.07) is 5.79. The van der Waals surface area contributed by atoms with E-state index >= 15 is 0 Å². The quantitative estimate of drug-likeness (QED) is 0.874. The number of nitrogen functional groups attached to an aromatic ring is 1. The van der Waals surface area contributed by atoms with Gasteiger partial charge in [-0.15, -0.1) is 0 Å². The predicted octanol–water partition coefficient (Wildman–Crippen LogP) is 2.71. The molecule has 1 aromatic heterocycles. The topological polar surface area (TPSA) is 56.7 Å². The summed E-state index contributed by atoms with van der Waals surface area (Å²) in [5.41, 5.74) is 7.62. The fraction of sp³-hybridized carbons (Fsp3) is 0.429. The summed E-state index contributed by atoms with van der Waals surface area (Å²) in [6.45, 7) is 0. The second-order valence-electron chi connectivity index (χ2n) is 5.14. The summed E-state index contributed by atoms with van der Waals surface area (Å²) in [5.74, 6) is 2.65. The van der Waals surface area contributed by atoms with E-state index in [0.29, 0.717) is 16.6 Å². The molecule has 19 heavy (non-hydrogen) atoms. The van der Waals surface area contributed by atoms with Crippen molar-refractivity contribution in [2.45, 2.75) is 31.6 Å². The zero-order chi connectivity index (χ0) is 13.4. The van der Waals surface area contributed by atoms with Crippen molar-refractivity contribution in [1.82, 2.24) is 14.8 Å². The van der Waals surface area contributed by atoms with Crippen LogP contribution in [0.3, 0.4) is 0 Å². The van der Waals surface area contributed by atoms with Gasteiger partial charge in [0.1, 0.15) is 5.82 Å².